The molecule has 1 aromatic rings. The van der Waals surface area contributed by atoms with E-state index in [2.05, 4.69) is 10.6 Å². The van der Waals surface area contributed by atoms with Crippen LogP contribution in [0.5, 0.6) is 5.75 Å². The molecule has 0 aliphatic heterocycles. The number of benzene rings is 1. The summed E-state index contributed by atoms with van der Waals surface area (Å²) < 4.78 is 19.6. The van der Waals surface area contributed by atoms with Gasteiger partial charge in [-0.1, -0.05) is 18.2 Å². The van der Waals surface area contributed by atoms with Gasteiger partial charge in [0.1, 0.15) is 0 Å². The molecular formula is C19H25FN2O3. The Balaban J connectivity index is 1.50. The van der Waals surface area contributed by atoms with Crippen molar-refractivity contribution in [1.82, 2.24) is 10.6 Å². The Morgan fingerprint density at radius 2 is 2.20 bits per heavy atom. The van der Waals surface area contributed by atoms with Crippen molar-refractivity contribution < 1.29 is 19.0 Å². The highest BCUT2D eigenvalue weighted by atomic mass is 19.1. The van der Waals surface area contributed by atoms with Gasteiger partial charge in [0, 0.05) is 18.6 Å². The summed E-state index contributed by atoms with van der Waals surface area (Å²) in [4.78, 5) is 12.1. The summed E-state index contributed by atoms with van der Waals surface area (Å²) in [6.07, 6.45) is 6.80. The number of carbonyl (C=O) groups excluding carboxylic acids is 1. The second-order valence-corrected chi connectivity index (χ2v) is 6.95. The van der Waals surface area contributed by atoms with Gasteiger partial charge in [0.05, 0.1) is 12.6 Å². The van der Waals surface area contributed by atoms with Crippen molar-refractivity contribution >= 4 is 6.03 Å². The third-order valence-electron chi connectivity index (χ3n) is 4.70. The summed E-state index contributed by atoms with van der Waals surface area (Å²) in [5.74, 6) is 0.522. The van der Waals surface area contributed by atoms with Gasteiger partial charge >= 0.3 is 6.03 Å². The highest BCUT2D eigenvalue weighted by molar-refractivity contribution is 5.75. The predicted octanol–water partition coefficient (Wildman–Crippen LogP) is 2.91. The molecule has 0 radical (unpaired) electrons. The fraction of sp³-hybridized carbons (Fsp3) is 0.526. The Labute approximate surface area is 147 Å². The Morgan fingerprint density at radius 3 is 2.84 bits per heavy atom. The van der Waals surface area contributed by atoms with Gasteiger partial charge in [-0.25, -0.2) is 9.18 Å². The topological polar surface area (TPSA) is 70.6 Å². The molecule has 0 heterocycles. The number of carbonyl (C=O) groups is 1. The first-order valence-corrected chi connectivity index (χ1v) is 8.83. The van der Waals surface area contributed by atoms with E-state index in [-0.39, 0.29) is 36.4 Å². The molecular weight excluding hydrogens is 323 g/mol. The van der Waals surface area contributed by atoms with Gasteiger partial charge in [-0.15, -0.1) is 0 Å². The van der Waals surface area contributed by atoms with E-state index in [1.165, 1.54) is 6.07 Å². The van der Waals surface area contributed by atoms with Crippen LogP contribution in [0.1, 0.15) is 37.8 Å². The summed E-state index contributed by atoms with van der Waals surface area (Å²) in [6.45, 7) is 2.46. The lowest BCUT2D eigenvalue weighted by Crippen LogP contribution is -2.41. The maximum absolute atomic E-state index is 14.1. The number of rotatable bonds is 7. The van der Waals surface area contributed by atoms with Crippen LogP contribution < -0.4 is 15.4 Å². The zero-order valence-corrected chi connectivity index (χ0v) is 14.4. The molecule has 136 valence electrons. The summed E-state index contributed by atoms with van der Waals surface area (Å²) in [7, 11) is 0. The molecule has 6 heteroatoms. The van der Waals surface area contributed by atoms with Crippen LogP contribution in [0.15, 0.2) is 30.4 Å². The summed E-state index contributed by atoms with van der Waals surface area (Å²) in [5, 5.41) is 14.8. The van der Waals surface area contributed by atoms with E-state index < -0.39 is 5.82 Å². The molecule has 0 spiro atoms. The first-order chi connectivity index (χ1) is 12.0. The van der Waals surface area contributed by atoms with Crippen LogP contribution >= 0.6 is 0 Å². The van der Waals surface area contributed by atoms with Crippen molar-refractivity contribution in [3.8, 4) is 5.75 Å². The van der Waals surface area contributed by atoms with E-state index in [9.17, 15) is 9.18 Å². The lowest BCUT2D eigenvalue weighted by Gasteiger charge is -2.18. The number of hydrogen-bond acceptors (Lipinski definition) is 3. The van der Waals surface area contributed by atoms with Gasteiger partial charge in [-0.05, 0) is 49.8 Å². The van der Waals surface area contributed by atoms with E-state index in [0.29, 0.717) is 24.5 Å². The summed E-state index contributed by atoms with van der Waals surface area (Å²) in [6, 6.07) is 4.08. The highest BCUT2D eigenvalue weighted by Gasteiger charge is 2.23. The third-order valence-corrected chi connectivity index (χ3v) is 4.70. The zero-order chi connectivity index (χ0) is 17.8. The molecule has 3 N–H and O–H groups in total. The smallest absolute Gasteiger partial charge is 0.315 e. The molecule has 0 saturated heterocycles. The molecule has 1 fully saturated rings. The van der Waals surface area contributed by atoms with Crippen LogP contribution in [0.4, 0.5) is 9.18 Å². The number of aliphatic hydroxyl groups is 1. The number of amides is 2. The van der Waals surface area contributed by atoms with Crippen molar-refractivity contribution in [3.05, 3.63) is 41.7 Å². The zero-order valence-electron chi connectivity index (χ0n) is 14.4. The first-order valence-electron chi connectivity index (χ1n) is 8.83. The number of hydrogen-bond donors (Lipinski definition) is 3. The Morgan fingerprint density at radius 1 is 1.40 bits per heavy atom. The lowest BCUT2D eigenvalue weighted by atomic mass is 10.1. The number of halogens is 1. The molecule has 0 unspecified atom stereocenters. The van der Waals surface area contributed by atoms with E-state index >= 15 is 0 Å². The Kier molecular flexibility index (Phi) is 5.58. The van der Waals surface area contributed by atoms with E-state index in [0.717, 1.165) is 12.8 Å². The van der Waals surface area contributed by atoms with Crippen LogP contribution in [0, 0.1) is 17.7 Å². The maximum atomic E-state index is 14.1. The van der Waals surface area contributed by atoms with Crippen molar-refractivity contribution in [2.24, 2.45) is 11.8 Å². The standard InChI is InChI=1S/C19H25FN2O3/c1-12(21-19(24)22-16-6-4-14(8-16)10-23)15-5-7-18(17(20)9-15)25-11-13-2-3-13/h4-7,9,12-14,16,23H,2-3,8,10-11H2,1H3,(H2,21,22,24)/t12-,14+,16-/m1/s1. The fourth-order valence-electron chi connectivity index (χ4n) is 2.90. The third kappa shape index (κ3) is 4.95. The van der Waals surface area contributed by atoms with Crippen LogP contribution in [0.25, 0.3) is 0 Å². The van der Waals surface area contributed by atoms with Gasteiger partial charge in [0.15, 0.2) is 11.6 Å². The number of aliphatic hydroxyl groups excluding tert-OH is 1. The van der Waals surface area contributed by atoms with Crippen molar-refractivity contribution in [1.29, 1.82) is 0 Å². The van der Waals surface area contributed by atoms with Crippen molar-refractivity contribution in [3.63, 3.8) is 0 Å². The monoisotopic (exact) mass is 348 g/mol. The Hall–Kier alpha value is -2.08. The predicted molar refractivity (Wildman–Crippen MR) is 92.8 cm³/mol. The summed E-state index contributed by atoms with van der Waals surface area (Å²) in [5.41, 5.74) is 0.682. The van der Waals surface area contributed by atoms with Gasteiger partial charge in [0.2, 0.25) is 0 Å². The molecule has 5 nitrogen and oxygen atoms in total. The van der Waals surface area contributed by atoms with Gasteiger partial charge in [0.25, 0.3) is 0 Å². The van der Waals surface area contributed by atoms with Gasteiger partial charge < -0.3 is 20.5 Å². The summed E-state index contributed by atoms with van der Waals surface area (Å²) >= 11 is 0. The maximum Gasteiger partial charge on any atom is 0.315 e. The molecule has 0 aromatic heterocycles. The van der Waals surface area contributed by atoms with Crippen LogP contribution in [0.2, 0.25) is 0 Å². The molecule has 0 bridgehead atoms. The van der Waals surface area contributed by atoms with Gasteiger partial charge in [-0.3, -0.25) is 0 Å². The molecule has 1 aromatic carbocycles. The highest BCUT2D eigenvalue weighted by Crippen LogP contribution is 2.30. The van der Waals surface area contributed by atoms with Crippen molar-refractivity contribution in [2.75, 3.05) is 13.2 Å². The number of nitrogens with one attached hydrogen (secondary N) is 2. The Bertz CT molecular complexity index is 646. The fourth-order valence-corrected chi connectivity index (χ4v) is 2.90. The largest absolute Gasteiger partial charge is 0.490 e. The van der Waals surface area contributed by atoms with Crippen molar-refractivity contribution in [2.45, 2.75) is 38.3 Å². The minimum atomic E-state index is -0.406. The van der Waals surface area contributed by atoms with Crippen LogP contribution in [0.3, 0.4) is 0 Å². The minimum absolute atomic E-state index is 0.0840. The van der Waals surface area contributed by atoms with Crippen LogP contribution in [-0.2, 0) is 0 Å². The number of ether oxygens (including phenoxy) is 1. The minimum Gasteiger partial charge on any atom is -0.490 e. The van der Waals surface area contributed by atoms with E-state index in [1.54, 1.807) is 19.1 Å². The van der Waals surface area contributed by atoms with E-state index in [4.69, 9.17) is 9.84 Å². The van der Waals surface area contributed by atoms with Crippen LogP contribution in [-0.4, -0.2) is 30.4 Å². The molecule has 1 saturated carbocycles. The molecule has 2 amide bonds. The molecule has 3 atom stereocenters. The van der Waals surface area contributed by atoms with E-state index in [1.807, 2.05) is 12.2 Å². The first kappa shape index (κ1) is 17.7. The second-order valence-electron chi connectivity index (χ2n) is 6.95. The average Bonchev–Trinajstić information content (AvgIpc) is 3.31. The SMILES string of the molecule is C[C@@H](NC(=O)N[C@@H]1C=C[C@H](CO)C1)c1ccc(OCC2CC2)c(F)c1. The molecule has 2 aliphatic carbocycles. The number of urea groups is 1. The molecule has 25 heavy (non-hydrogen) atoms. The quantitative estimate of drug-likeness (QED) is 0.664. The lowest BCUT2D eigenvalue weighted by molar-refractivity contribution is 0.229. The molecule has 3 rings (SSSR count). The normalized spacial score (nSPS) is 23.3. The average molecular weight is 348 g/mol. The molecule has 2 aliphatic rings. The van der Waals surface area contributed by atoms with Gasteiger partial charge in [-0.2, -0.15) is 0 Å². The second kappa shape index (κ2) is 7.87.